The van der Waals surface area contributed by atoms with Gasteiger partial charge in [-0.1, -0.05) is 23.7 Å². The Morgan fingerprint density at radius 1 is 1.08 bits per heavy atom. The van der Waals surface area contributed by atoms with Crippen molar-refractivity contribution >= 4 is 11.6 Å². The van der Waals surface area contributed by atoms with E-state index in [0.29, 0.717) is 35.5 Å². The summed E-state index contributed by atoms with van der Waals surface area (Å²) in [6.07, 6.45) is 3.58. The zero-order valence-corrected chi connectivity index (χ0v) is 15.1. The van der Waals surface area contributed by atoms with E-state index in [-0.39, 0.29) is 5.82 Å². The summed E-state index contributed by atoms with van der Waals surface area (Å²) in [7, 11) is 2.23. The van der Waals surface area contributed by atoms with E-state index < -0.39 is 0 Å². The van der Waals surface area contributed by atoms with E-state index in [4.69, 9.17) is 16.3 Å². The third kappa shape index (κ3) is 3.40. The number of ether oxygens (including phenoxy) is 1. The van der Waals surface area contributed by atoms with Crippen LogP contribution in [0.4, 0.5) is 4.39 Å². The Balaban J connectivity index is 1.56. The zero-order valence-electron chi connectivity index (χ0n) is 14.4. The van der Waals surface area contributed by atoms with E-state index in [1.165, 1.54) is 18.4 Å². The molecule has 0 N–H and O–H groups in total. The molecule has 2 aromatic carbocycles. The summed E-state index contributed by atoms with van der Waals surface area (Å²) in [5.74, 6) is 1.50. The molecule has 0 aromatic heterocycles. The van der Waals surface area contributed by atoms with Crippen LogP contribution in [0.2, 0.25) is 5.02 Å². The van der Waals surface area contributed by atoms with Crippen LogP contribution >= 0.6 is 11.6 Å². The molecule has 25 heavy (non-hydrogen) atoms. The largest absolute Gasteiger partial charge is 0.493 e. The quantitative estimate of drug-likeness (QED) is 0.750. The second-order valence-electron chi connectivity index (χ2n) is 7.29. The van der Waals surface area contributed by atoms with E-state index in [9.17, 15) is 4.39 Å². The molecule has 2 saturated heterocycles. The highest BCUT2D eigenvalue weighted by molar-refractivity contribution is 6.30. The highest BCUT2D eigenvalue weighted by Gasteiger charge is 2.46. The Bertz CT molecular complexity index is 718. The number of halogens is 2. The van der Waals surface area contributed by atoms with Crippen molar-refractivity contribution in [1.29, 1.82) is 0 Å². The minimum Gasteiger partial charge on any atom is -0.493 e. The fraction of sp³-hybridized carbons (Fsp3) is 0.429. The third-order valence-electron chi connectivity index (χ3n) is 5.99. The van der Waals surface area contributed by atoms with Crippen LogP contribution in [0.15, 0.2) is 48.5 Å². The minimum absolute atomic E-state index is 0.173. The van der Waals surface area contributed by atoms with Crippen molar-refractivity contribution in [2.45, 2.75) is 37.3 Å². The molecule has 2 heterocycles. The molecular formula is C21H23ClFNO. The Hall–Kier alpha value is -1.58. The fourth-order valence-electron chi connectivity index (χ4n) is 4.62. The molecule has 4 heteroatoms. The van der Waals surface area contributed by atoms with Crippen LogP contribution in [-0.2, 0) is 0 Å². The fourth-order valence-corrected chi connectivity index (χ4v) is 4.75. The predicted molar refractivity (Wildman–Crippen MR) is 98.8 cm³/mol. The first kappa shape index (κ1) is 16.9. The van der Waals surface area contributed by atoms with Crippen molar-refractivity contribution in [2.75, 3.05) is 13.7 Å². The van der Waals surface area contributed by atoms with E-state index >= 15 is 0 Å². The molecule has 4 rings (SSSR count). The summed E-state index contributed by atoms with van der Waals surface area (Å²) in [5.41, 5.74) is 1.23. The number of hydrogen-bond donors (Lipinski definition) is 0. The topological polar surface area (TPSA) is 12.5 Å². The zero-order chi connectivity index (χ0) is 17.4. The van der Waals surface area contributed by atoms with Crippen LogP contribution in [0.1, 0.15) is 30.7 Å². The van der Waals surface area contributed by atoms with Gasteiger partial charge in [-0.2, -0.15) is 0 Å². The number of nitrogens with zero attached hydrogens (tertiary/aromatic N) is 1. The monoisotopic (exact) mass is 359 g/mol. The van der Waals surface area contributed by atoms with Gasteiger partial charge in [0.05, 0.1) is 6.61 Å². The van der Waals surface area contributed by atoms with Gasteiger partial charge < -0.3 is 9.64 Å². The van der Waals surface area contributed by atoms with Crippen molar-refractivity contribution in [2.24, 2.45) is 5.92 Å². The van der Waals surface area contributed by atoms with Crippen LogP contribution < -0.4 is 4.74 Å². The molecule has 2 nitrogen and oxygen atoms in total. The van der Waals surface area contributed by atoms with Gasteiger partial charge in [0.2, 0.25) is 0 Å². The van der Waals surface area contributed by atoms with Gasteiger partial charge in [-0.15, -0.1) is 0 Å². The van der Waals surface area contributed by atoms with Gasteiger partial charge in [-0.3, -0.25) is 0 Å². The van der Waals surface area contributed by atoms with Crippen LogP contribution in [0, 0.1) is 11.7 Å². The molecule has 2 aliphatic rings. The Morgan fingerprint density at radius 2 is 1.80 bits per heavy atom. The molecule has 2 aliphatic heterocycles. The number of benzene rings is 2. The first-order valence-corrected chi connectivity index (χ1v) is 9.35. The average Bonchev–Trinajstić information content (AvgIpc) is 2.86. The van der Waals surface area contributed by atoms with Crippen molar-refractivity contribution in [3.63, 3.8) is 0 Å². The molecule has 4 atom stereocenters. The molecule has 2 aromatic rings. The molecule has 2 fully saturated rings. The van der Waals surface area contributed by atoms with Gasteiger partial charge in [0, 0.05) is 23.0 Å². The van der Waals surface area contributed by atoms with Crippen molar-refractivity contribution < 1.29 is 9.13 Å². The molecule has 132 valence electrons. The second kappa shape index (κ2) is 6.97. The van der Waals surface area contributed by atoms with E-state index in [2.05, 4.69) is 11.9 Å². The summed E-state index contributed by atoms with van der Waals surface area (Å²) in [5, 5.41) is 0.715. The van der Waals surface area contributed by atoms with Crippen LogP contribution in [0.5, 0.6) is 5.75 Å². The normalized spacial score (nSPS) is 28.9. The molecular weight excluding hydrogens is 337 g/mol. The molecule has 0 unspecified atom stereocenters. The van der Waals surface area contributed by atoms with Gasteiger partial charge in [-0.05, 0) is 74.2 Å². The van der Waals surface area contributed by atoms with Crippen LogP contribution in [0.25, 0.3) is 0 Å². The third-order valence-corrected chi connectivity index (χ3v) is 6.24. The van der Waals surface area contributed by atoms with Gasteiger partial charge >= 0.3 is 0 Å². The van der Waals surface area contributed by atoms with E-state index in [0.717, 1.165) is 12.2 Å². The first-order valence-electron chi connectivity index (χ1n) is 8.97. The number of hydrogen-bond acceptors (Lipinski definition) is 2. The Morgan fingerprint density at radius 3 is 2.52 bits per heavy atom. The molecule has 0 aliphatic carbocycles. The lowest BCUT2D eigenvalue weighted by atomic mass is 9.76. The van der Waals surface area contributed by atoms with Gasteiger partial charge in [0.15, 0.2) is 0 Å². The maximum atomic E-state index is 13.3. The van der Waals surface area contributed by atoms with Crippen LogP contribution in [-0.4, -0.2) is 30.6 Å². The maximum Gasteiger partial charge on any atom is 0.123 e. The molecule has 0 radical (unpaired) electrons. The maximum absolute atomic E-state index is 13.3. The number of fused-ring (bicyclic) bond motifs is 2. The highest BCUT2D eigenvalue weighted by atomic mass is 35.5. The lowest BCUT2D eigenvalue weighted by Crippen LogP contribution is -2.47. The number of piperidine rings is 1. The second-order valence-corrected chi connectivity index (χ2v) is 7.72. The standard InChI is InChI=1S/C21H23ClFNO/c1-24-17-8-11-21(24)20(13-25-18-9-4-15(22)5-10-18)19(12-17)14-2-6-16(23)7-3-14/h2-7,9-10,17,19-21H,8,11-13H2,1H3/t17-,19+,20-,21-/m1/s1. The van der Waals surface area contributed by atoms with Gasteiger partial charge in [-0.25, -0.2) is 4.39 Å². The minimum atomic E-state index is -0.173. The van der Waals surface area contributed by atoms with Crippen molar-refractivity contribution in [1.82, 2.24) is 4.90 Å². The van der Waals surface area contributed by atoms with Crippen molar-refractivity contribution in [3.05, 3.63) is 64.9 Å². The lowest BCUT2D eigenvalue weighted by molar-refractivity contribution is 0.0665. The van der Waals surface area contributed by atoms with Gasteiger partial charge in [0.25, 0.3) is 0 Å². The Kier molecular flexibility index (Phi) is 4.70. The number of rotatable bonds is 4. The predicted octanol–water partition coefficient (Wildman–Crippen LogP) is 5.12. The van der Waals surface area contributed by atoms with E-state index in [1.807, 2.05) is 36.4 Å². The molecule has 2 bridgehead atoms. The molecule has 0 spiro atoms. The lowest BCUT2D eigenvalue weighted by Gasteiger charge is -2.43. The summed E-state index contributed by atoms with van der Waals surface area (Å²) >= 11 is 5.95. The summed E-state index contributed by atoms with van der Waals surface area (Å²) in [6, 6.07) is 15.7. The first-order chi connectivity index (χ1) is 12.1. The summed E-state index contributed by atoms with van der Waals surface area (Å²) in [6.45, 7) is 0.672. The smallest absolute Gasteiger partial charge is 0.123 e. The summed E-state index contributed by atoms with van der Waals surface area (Å²) < 4.78 is 19.5. The molecule has 0 saturated carbocycles. The highest BCUT2D eigenvalue weighted by Crippen LogP contribution is 2.46. The average molecular weight is 360 g/mol. The SMILES string of the molecule is CN1[C@@H]2CC[C@@H]1[C@H](COc1ccc(Cl)cc1)[C@H](c1ccc(F)cc1)C2. The Labute approximate surface area is 153 Å². The molecule has 0 amide bonds. The van der Waals surface area contributed by atoms with Crippen molar-refractivity contribution in [3.8, 4) is 5.75 Å². The summed E-state index contributed by atoms with van der Waals surface area (Å²) in [4.78, 5) is 2.52. The van der Waals surface area contributed by atoms with Crippen LogP contribution in [0.3, 0.4) is 0 Å². The van der Waals surface area contributed by atoms with E-state index in [1.54, 1.807) is 12.1 Å². The van der Waals surface area contributed by atoms with Gasteiger partial charge in [0.1, 0.15) is 11.6 Å².